The highest BCUT2D eigenvalue weighted by Gasteiger charge is 2.28. The first kappa shape index (κ1) is 24.6. The van der Waals surface area contributed by atoms with E-state index in [2.05, 4.69) is 21.7 Å². The van der Waals surface area contributed by atoms with Gasteiger partial charge in [-0.1, -0.05) is 54.6 Å². The van der Waals surface area contributed by atoms with Gasteiger partial charge in [-0.25, -0.2) is 13.4 Å². The van der Waals surface area contributed by atoms with E-state index in [1.165, 1.54) is 0 Å². The Balaban J connectivity index is 0.00000320. The van der Waals surface area contributed by atoms with Crippen molar-refractivity contribution in [2.75, 3.05) is 18.1 Å². The lowest BCUT2D eigenvalue weighted by Crippen LogP contribution is -2.44. The second-order valence-electron chi connectivity index (χ2n) is 7.19. The van der Waals surface area contributed by atoms with Gasteiger partial charge >= 0.3 is 0 Å². The SMILES string of the molecule is CCNC(=NCc1ccccc1COCc1ccccc1)NC1CCS(=O)(=O)C1.I. The minimum absolute atomic E-state index is 0. The fraction of sp³-hybridized carbons (Fsp3) is 0.409. The molecule has 1 atom stereocenters. The monoisotopic (exact) mass is 543 g/mol. The Kier molecular flexibility index (Phi) is 10.1. The number of nitrogens with one attached hydrogen (secondary N) is 2. The molecule has 1 heterocycles. The van der Waals surface area contributed by atoms with Gasteiger partial charge in [0.25, 0.3) is 0 Å². The molecule has 1 fully saturated rings. The molecule has 2 aromatic carbocycles. The second kappa shape index (κ2) is 12.3. The minimum atomic E-state index is -2.92. The Morgan fingerprint density at radius 2 is 1.77 bits per heavy atom. The molecular formula is C22H30IN3O3S. The quantitative estimate of drug-likeness (QED) is 0.304. The molecule has 0 aromatic heterocycles. The zero-order valence-electron chi connectivity index (χ0n) is 17.2. The van der Waals surface area contributed by atoms with Crippen LogP contribution < -0.4 is 10.6 Å². The average Bonchev–Trinajstić information content (AvgIpc) is 3.06. The summed E-state index contributed by atoms with van der Waals surface area (Å²) in [6.45, 7) is 4.30. The van der Waals surface area contributed by atoms with E-state index < -0.39 is 9.84 Å². The standard InChI is InChI=1S/C22H29N3O3S.HI/c1-2-23-22(25-21-12-13-29(26,27)17-21)24-14-19-10-6-7-11-20(19)16-28-15-18-8-4-3-5-9-18;/h3-11,21H,2,12-17H2,1H3,(H2,23,24,25);1H. The third-order valence-corrected chi connectivity index (χ3v) is 6.58. The van der Waals surface area contributed by atoms with Crippen LogP contribution in [0.2, 0.25) is 0 Å². The van der Waals surface area contributed by atoms with Crippen molar-refractivity contribution in [1.29, 1.82) is 0 Å². The Hall–Kier alpha value is -1.65. The molecule has 2 aromatic rings. The third kappa shape index (κ3) is 7.88. The Morgan fingerprint density at radius 3 is 2.43 bits per heavy atom. The van der Waals surface area contributed by atoms with E-state index in [9.17, 15) is 8.42 Å². The van der Waals surface area contributed by atoms with Crippen LogP contribution in [0.4, 0.5) is 0 Å². The summed E-state index contributed by atoms with van der Waals surface area (Å²) in [6.07, 6.45) is 0.622. The maximum atomic E-state index is 11.7. The van der Waals surface area contributed by atoms with Gasteiger partial charge in [0, 0.05) is 12.6 Å². The Labute approximate surface area is 196 Å². The van der Waals surface area contributed by atoms with Gasteiger partial charge in [-0.05, 0) is 30.0 Å². The zero-order valence-corrected chi connectivity index (χ0v) is 20.4. The van der Waals surface area contributed by atoms with E-state index in [-0.39, 0.29) is 41.5 Å². The summed E-state index contributed by atoms with van der Waals surface area (Å²) >= 11 is 0. The predicted molar refractivity (Wildman–Crippen MR) is 132 cm³/mol. The normalized spacial score (nSPS) is 17.9. The van der Waals surface area contributed by atoms with Gasteiger partial charge in [-0.15, -0.1) is 24.0 Å². The second-order valence-corrected chi connectivity index (χ2v) is 9.42. The molecule has 0 saturated carbocycles. The maximum absolute atomic E-state index is 11.7. The van der Waals surface area contributed by atoms with Gasteiger partial charge < -0.3 is 15.4 Å². The van der Waals surface area contributed by atoms with Crippen molar-refractivity contribution in [3.63, 3.8) is 0 Å². The molecule has 2 N–H and O–H groups in total. The maximum Gasteiger partial charge on any atom is 0.191 e. The topological polar surface area (TPSA) is 79.8 Å². The third-order valence-electron chi connectivity index (χ3n) is 4.81. The van der Waals surface area contributed by atoms with Crippen LogP contribution in [0, 0.1) is 0 Å². The van der Waals surface area contributed by atoms with Crippen molar-refractivity contribution in [1.82, 2.24) is 10.6 Å². The number of ether oxygens (including phenoxy) is 1. The highest BCUT2D eigenvalue weighted by Crippen LogP contribution is 2.14. The Bertz CT molecular complexity index is 920. The van der Waals surface area contributed by atoms with E-state index in [4.69, 9.17) is 4.74 Å². The molecule has 1 aliphatic rings. The van der Waals surface area contributed by atoms with Gasteiger partial charge in [0.1, 0.15) is 0 Å². The van der Waals surface area contributed by atoms with Gasteiger partial charge in [0.15, 0.2) is 15.8 Å². The molecule has 30 heavy (non-hydrogen) atoms. The fourth-order valence-electron chi connectivity index (χ4n) is 3.29. The van der Waals surface area contributed by atoms with Crippen LogP contribution in [0.25, 0.3) is 0 Å². The average molecular weight is 543 g/mol. The molecule has 8 heteroatoms. The van der Waals surface area contributed by atoms with Crippen molar-refractivity contribution in [3.05, 3.63) is 71.3 Å². The van der Waals surface area contributed by atoms with Crippen LogP contribution in [0.15, 0.2) is 59.6 Å². The molecule has 0 spiro atoms. The van der Waals surface area contributed by atoms with Gasteiger partial charge in [-0.3, -0.25) is 0 Å². The first-order chi connectivity index (χ1) is 14.1. The fourth-order valence-corrected chi connectivity index (χ4v) is 4.97. The minimum Gasteiger partial charge on any atom is -0.372 e. The van der Waals surface area contributed by atoms with E-state index in [1.54, 1.807) is 0 Å². The number of sulfone groups is 1. The highest BCUT2D eigenvalue weighted by molar-refractivity contribution is 14.0. The number of rotatable bonds is 8. The van der Waals surface area contributed by atoms with E-state index in [1.807, 2.05) is 55.5 Å². The summed E-state index contributed by atoms with van der Waals surface area (Å²) in [7, 11) is -2.92. The predicted octanol–water partition coefficient (Wildman–Crippen LogP) is 3.26. The van der Waals surface area contributed by atoms with Crippen molar-refractivity contribution in [3.8, 4) is 0 Å². The molecule has 3 rings (SSSR count). The lowest BCUT2D eigenvalue weighted by Gasteiger charge is -2.16. The van der Waals surface area contributed by atoms with Crippen molar-refractivity contribution < 1.29 is 13.2 Å². The molecule has 6 nitrogen and oxygen atoms in total. The summed E-state index contributed by atoms with van der Waals surface area (Å²) in [5.41, 5.74) is 3.34. The van der Waals surface area contributed by atoms with Crippen LogP contribution in [-0.2, 0) is 34.3 Å². The summed E-state index contributed by atoms with van der Waals surface area (Å²) in [5.74, 6) is 1.06. The number of guanidine groups is 1. The van der Waals surface area contributed by atoms with Gasteiger partial charge in [-0.2, -0.15) is 0 Å². The first-order valence-corrected chi connectivity index (χ1v) is 11.8. The molecule has 0 amide bonds. The number of aliphatic imine (C=N–C) groups is 1. The number of hydrogen-bond donors (Lipinski definition) is 2. The molecule has 0 bridgehead atoms. The lowest BCUT2D eigenvalue weighted by atomic mass is 10.1. The summed E-state index contributed by atoms with van der Waals surface area (Å²) in [5, 5.41) is 6.46. The van der Waals surface area contributed by atoms with Crippen molar-refractivity contribution in [2.24, 2.45) is 4.99 Å². The number of nitrogens with zero attached hydrogens (tertiary/aromatic N) is 1. The number of hydrogen-bond acceptors (Lipinski definition) is 4. The molecule has 1 saturated heterocycles. The van der Waals surface area contributed by atoms with Crippen LogP contribution in [0.3, 0.4) is 0 Å². The van der Waals surface area contributed by atoms with E-state index >= 15 is 0 Å². The van der Waals surface area contributed by atoms with Crippen molar-refractivity contribution >= 4 is 39.8 Å². The summed E-state index contributed by atoms with van der Waals surface area (Å²) in [4.78, 5) is 4.67. The largest absolute Gasteiger partial charge is 0.372 e. The summed E-state index contributed by atoms with van der Waals surface area (Å²) < 4.78 is 29.3. The van der Waals surface area contributed by atoms with Gasteiger partial charge in [0.2, 0.25) is 0 Å². The molecule has 1 unspecified atom stereocenters. The molecule has 1 aliphatic heterocycles. The molecule has 164 valence electrons. The van der Waals surface area contributed by atoms with Gasteiger partial charge in [0.05, 0.1) is 31.3 Å². The number of benzene rings is 2. The number of halogens is 1. The lowest BCUT2D eigenvalue weighted by molar-refractivity contribution is 0.106. The zero-order chi connectivity index (χ0) is 20.5. The van der Waals surface area contributed by atoms with E-state index in [0.29, 0.717) is 38.7 Å². The van der Waals surface area contributed by atoms with Crippen LogP contribution >= 0.6 is 24.0 Å². The van der Waals surface area contributed by atoms with Crippen LogP contribution in [0.1, 0.15) is 30.0 Å². The highest BCUT2D eigenvalue weighted by atomic mass is 127. The van der Waals surface area contributed by atoms with E-state index in [0.717, 1.165) is 16.7 Å². The first-order valence-electron chi connectivity index (χ1n) is 9.99. The van der Waals surface area contributed by atoms with Crippen LogP contribution in [-0.4, -0.2) is 38.5 Å². The molecule has 0 aliphatic carbocycles. The van der Waals surface area contributed by atoms with Crippen molar-refractivity contribution in [2.45, 2.75) is 39.1 Å². The smallest absolute Gasteiger partial charge is 0.191 e. The Morgan fingerprint density at radius 1 is 1.07 bits per heavy atom. The van der Waals surface area contributed by atoms with Crippen LogP contribution in [0.5, 0.6) is 0 Å². The summed E-state index contributed by atoms with van der Waals surface area (Å²) in [6, 6.07) is 18.1. The molecular weight excluding hydrogens is 513 g/mol. The molecule has 0 radical (unpaired) electrons.